The van der Waals surface area contributed by atoms with Crippen molar-refractivity contribution in [3.63, 3.8) is 0 Å². The van der Waals surface area contributed by atoms with Gasteiger partial charge in [-0.3, -0.25) is 13.9 Å². The van der Waals surface area contributed by atoms with Gasteiger partial charge >= 0.3 is 12.4 Å². The van der Waals surface area contributed by atoms with Crippen LogP contribution in [0.1, 0.15) is 22.0 Å². The maximum absolute atomic E-state index is 13.2. The van der Waals surface area contributed by atoms with Gasteiger partial charge in [-0.2, -0.15) is 31.4 Å². The Morgan fingerprint density at radius 3 is 2.32 bits per heavy atom. The van der Waals surface area contributed by atoms with Crippen molar-refractivity contribution >= 4 is 16.3 Å². The third-order valence-electron chi connectivity index (χ3n) is 4.25. The Hall–Kier alpha value is -3.29. The SMILES string of the molecule is Cc1sc2nc(Cn3nc(C(F)(F)F)cc3C(F)(F)F)cc(=O)n2c1-c1cncnc1. The van der Waals surface area contributed by atoms with E-state index >= 15 is 0 Å². The van der Waals surface area contributed by atoms with Crippen molar-refractivity contribution in [3.8, 4) is 11.3 Å². The molecule has 0 amide bonds. The lowest BCUT2D eigenvalue weighted by Crippen LogP contribution is -2.19. The van der Waals surface area contributed by atoms with E-state index in [1.165, 1.54) is 23.1 Å². The summed E-state index contributed by atoms with van der Waals surface area (Å²) in [4.78, 5) is 25.5. The summed E-state index contributed by atoms with van der Waals surface area (Å²) in [5, 5.41) is 3.03. The molecule has 0 N–H and O–H groups in total. The molecule has 0 aliphatic carbocycles. The average molecular weight is 460 g/mol. The number of halogens is 6. The molecule has 0 aliphatic heterocycles. The van der Waals surface area contributed by atoms with Crippen LogP contribution < -0.4 is 5.56 Å². The quantitative estimate of drug-likeness (QED) is 0.435. The van der Waals surface area contributed by atoms with E-state index in [-0.39, 0.29) is 21.4 Å². The molecule has 0 bridgehead atoms. The normalized spacial score (nSPS) is 12.6. The van der Waals surface area contributed by atoms with Gasteiger partial charge in [0.05, 0.1) is 17.9 Å². The maximum Gasteiger partial charge on any atom is 0.435 e. The van der Waals surface area contributed by atoms with Crippen LogP contribution in [0.15, 0.2) is 35.6 Å². The first-order chi connectivity index (χ1) is 14.4. The zero-order chi connectivity index (χ0) is 22.6. The van der Waals surface area contributed by atoms with Crippen molar-refractivity contribution in [1.29, 1.82) is 0 Å². The molecule has 4 heterocycles. The van der Waals surface area contributed by atoms with E-state index in [2.05, 4.69) is 20.1 Å². The number of nitrogens with zero attached hydrogens (tertiary/aromatic N) is 6. The Kier molecular flexibility index (Phi) is 4.83. The maximum atomic E-state index is 13.2. The molecule has 0 unspecified atom stereocenters. The number of aromatic nitrogens is 6. The summed E-state index contributed by atoms with van der Waals surface area (Å²) in [5.74, 6) is 0. The lowest BCUT2D eigenvalue weighted by Gasteiger charge is -2.10. The topological polar surface area (TPSA) is 78.0 Å². The molecular weight excluding hydrogens is 450 g/mol. The molecule has 0 fully saturated rings. The number of hydrogen-bond acceptors (Lipinski definition) is 6. The predicted molar refractivity (Wildman–Crippen MR) is 96.4 cm³/mol. The molecule has 0 radical (unpaired) electrons. The third kappa shape index (κ3) is 3.89. The van der Waals surface area contributed by atoms with Crippen LogP contribution in [0.3, 0.4) is 0 Å². The molecule has 7 nitrogen and oxygen atoms in total. The summed E-state index contributed by atoms with van der Waals surface area (Å²) in [7, 11) is 0. The van der Waals surface area contributed by atoms with Crippen molar-refractivity contribution < 1.29 is 26.3 Å². The van der Waals surface area contributed by atoms with E-state index < -0.39 is 35.8 Å². The van der Waals surface area contributed by atoms with E-state index in [1.54, 1.807) is 6.92 Å². The van der Waals surface area contributed by atoms with Gasteiger partial charge in [0.25, 0.3) is 5.56 Å². The fourth-order valence-corrected chi connectivity index (χ4v) is 4.03. The minimum absolute atomic E-state index is 0.0752. The fourth-order valence-electron chi connectivity index (χ4n) is 3.02. The molecule has 14 heteroatoms. The van der Waals surface area contributed by atoms with Crippen LogP contribution in [0.4, 0.5) is 26.3 Å². The molecule has 0 spiro atoms. The first kappa shape index (κ1) is 21.0. The second-order valence-corrected chi connectivity index (χ2v) is 7.59. The van der Waals surface area contributed by atoms with Crippen LogP contribution in [-0.4, -0.2) is 29.1 Å². The molecule has 4 rings (SSSR count). The smallest absolute Gasteiger partial charge is 0.269 e. The molecule has 0 saturated carbocycles. The van der Waals surface area contributed by atoms with Gasteiger partial charge in [-0.1, -0.05) is 0 Å². The fraction of sp³-hybridized carbons (Fsp3) is 0.235. The summed E-state index contributed by atoms with van der Waals surface area (Å²) < 4.78 is 79.6. The molecule has 0 saturated heterocycles. The highest BCUT2D eigenvalue weighted by Crippen LogP contribution is 2.35. The molecule has 4 aromatic heterocycles. The third-order valence-corrected chi connectivity index (χ3v) is 5.21. The monoisotopic (exact) mass is 460 g/mol. The standard InChI is InChI=1S/C17H10F6N6OS/c1-8-14(9-4-24-7-25-5-9)29-13(30)2-10(26-15(29)31-8)6-28-12(17(21,22)23)3-11(27-28)16(18,19)20/h2-5,7H,6H2,1H3. The molecule has 162 valence electrons. The Morgan fingerprint density at radius 2 is 1.71 bits per heavy atom. The lowest BCUT2D eigenvalue weighted by molar-refractivity contribution is -0.144. The Balaban J connectivity index is 1.81. The Bertz CT molecular complexity index is 1320. The number of thiazole rings is 1. The van der Waals surface area contributed by atoms with Crippen molar-refractivity contribution in [2.45, 2.75) is 25.8 Å². The van der Waals surface area contributed by atoms with E-state index in [1.807, 2.05) is 0 Å². The lowest BCUT2D eigenvalue weighted by atomic mass is 10.2. The van der Waals surface area contributed by atoms with Gasteiger partial charge in [-0.15, -0.1) is 11.3 Å². The van der Waals surface area contributed by atoms with E-state index in [4.69, 9.17) is 0 Å². The van der Waals surface area contributed by atoms with Crippen LogP contribution in [0.25, 0.3) is 16.2 Å². The molecule has 0 atom stereocenters. The first-order valence-electron chi connectivity index (χ1n) is 8.45. The van der Waals surface area contributed by atoms with Crippen molar-refractivity contribution in [2.75, 3.05) is 0 Å². The van der Waals surface area contributed by atoms with Crippen LogP contribution >= 0.6 is 11.3 Å². The minimum Gasteiger partial charge on any atom is -0.269 e. The zero-order valence-electron chi connectivity index (χ0n) is 15.4. The molecule has 0 aromatic carbocycles. The van der Waals surface area contributed by atoms with Gasteiger partial charge in [0.15, 0.2) is 10.7 Å². The molecule has 0 aliphatic rings. The average Bonchev–Trinajstić information content (AvgIpc) is 3.23. The van der Waals surface area contributed by atoms with E-state index in [0.717, 1.165) is 17.4 Å². The Labute approximate surface area is 172 Å². The highest BCUT2D eigenvalue weighted by atomic mass is 32.1. The summed E-state index contributed by atoms with van der Waals surface area (Å²) >= 11 is 1.10. The number of hydrogen-bond donors (Lipinski definition) is 0. The summed E-state index contributed by atoms with van der Waals surface area (Å²) in [6, 6.07) is 0.885. The van der Waals surface area contributed by atoms with Crippen molar-refractivity contribution in [3.05, 3.63) is 63.2 Å². The van der Waals surface area contributed by atoms with Crippen LogP contribution in [0, 0.1) is 6.92 Å². The first-order valence-corrected chi connectivity index (χ1v) is 9.26. The largest absolute Gasteiger partial charge is 0.435 e. The number of rotatable bonds is 3. The summed E-state index contributed by atoms with van der Waals surface area (Å²) in [5.41, 5.74) is -3.05. The second-order valence-electron chi connectivity index (χ2n) is 6.41. The highest BCUT2D eigenvalue weighted by Gasteiger charge is 2.41. The summed E-state index contributed by atoms with van der Waals surface area (Å²) in [6.07, 6.45) is -5.85. The van der Waals surface area contributed by atoms with Gasteiger partial charge < -0.3 is 0 Å². The highest BCUT2D eigenvalue weighted by molar-refractivity contribution is 7.17. The molecular formula is C17H10F6N6OS. The predicted octanol–water partition coefficient (Wildman–Crippen LogP) is 3.80. The van der Waals surface area contributed by atoms with Gasteiger partial charge in [0.1, 0.15) is 12.0 Å². The van der Waals surface area contributed by atoms with Gasteiger partial charge in [-0.25, -0.2) is 15.0 Å². The van der Waals surface area contributed by atoms with Gasteiger partial charge in [0.2, 0.25) is 0 Å². The molecule has 31 heavy (non-hydrogen) atoms. The van der Waals surface area contributed by atoms with Crippen LogP contribution in [0.2, 0.25) is 0 Å². The zero-order valence-corrected chi connectivity index (χ0v) is 16.2. The number of fused-ring (bicyclic) bond motifs is 1. The van der Waals surface area contributed by atoms with E-state index in [9.17, 15) is 31.1 Å². The number of alkyl halides is 6. The second kappa shape index (κ2) is 7.14. The van der Waals surface area contributed by atoms with E-state index in [0.29, 0.717) is 16.1 Å². The Morgan fingerprint density at radius 1 is 1.03 bits per heavy atom. The van der Waals surface area contributed by atoms with Crippen molar-refractivity contribution in [1.82, 2.24) is 29.1 Å². The van der Waals surface area contributed by atoms with Crippen LogP contribution in [0.5, 0.6) is 0 Å². The molecule has 4 aromatic rings. The van der Waals surface area contributed by atoms with Crippen LogP contribution in [-0.2, 0) is 18.9 Å². The van der Waals surface area contributed by atoms with Crippen molar-refractivity contribution in [2.24, 2.45) is 0 Å². The van der Waals surface area contributed by atoms with Gasteiger partial charge in [0, 0.05) is 35.0 Å². The summed E-state index contributed by atoms with van der Waals surface area (Å²) in [6.45, 7) is 0.947. The number of aryl methyl sites for hydroxylation is 1. The van der Waals surface area contributed by atoms with Gasteiger partial charge in [-0.05, 0) is 6.92 Å². The minimum atomic E-state index is -5.07.